The molecule has 0 atom stereocenters. The lowest BCUT2D eigenvalue weighted by atomic mass is 10.4. The van der Waals surface area contributed by atoms with Gasteiger partial charge in [-0.15, -0.1) is 0 Å². The lowest BCUT2D eigenvalue weighted by molar-refractivity contribution is 0.756. The van der Waals surface area contributed by atoms with Crippen LogP contribution < -0.4 is 10.6 Å². The van der Waals surface area contributed by atoms with Gasteiger partial charge in [0.2, 0.25) is 0 Å². The Bertz CT molecular complexity index is 354. The minimum atomic E-state index is 0.590. The number of nitrogens with zero attached hydrogens (tertiary/aromatic N) is 2. The summed E-state index contributed by atoms with van der Waals surface area (Å²) in [5.41, 5.74) is 1.94. The van der Waals surface area contributed by atoms with E-state index in [0.29, 0.717) is 11.2 Å². The molecule has 0 spiro atoms. The van der Waals surface area contributed by atoms with Crippen LogP contribution in [-0.2, 0) is 7.05 Å². The fourth-order valence-corrected chi connectivity index (χ4v) is 1.57. The minimum Gasteiger partial charge on any atom is -0.360 e. The first kappa shape index (κ1) is 9.45. The molecule has 76 valence electrons. The predicted octanol–water partition coefficient (Wildman–Crippen LogP) is 1.18. The van der Waals surface area contributed by atoms with Crippen LogP contribution in [0.4, 0.5) is 5.69 Å². The maximum atomic E-state index is 5.16. The van der Waals surface area contributed by atoms with E-state index < -0.39 is 0 Å². The van der Waals surface area contributed by atoms with E-state index in [4.69, 9.17) is 12.2 Å². The van der Waals surface area contributed by atoms with E-state index in [0.717, 1.165) is 11.4 Å². The number of aryl methyl sites for hydroxylation is 2. The van der Waals surface area contributed by atoms with Gasteiger partial charge in [0, 0.05) is 19.3 Å². The largest absolute Gasteiger partial charge is 0.360 e. The highest BCUT2D eigenvalue weighted by Crippen LogP contribution is 2.19. The number of hydrogen-bond acceptors (Lipinski definition) is 2. The number of hydrogen-bond donors (Lipinski definition) is 2. The summed E-state index contributed by atoms with van der Waals surface area (Å²) in [6.07, 6.45) is 4.39. The van der Waals surface area contributed by atoms with Crippen molar-refractivity contribution in [3.63, 3.8) is 0 Å². The van der Waals surface area contributed by atoms with Crippen LogP contribution in [0.5, 0.6) is 0 Å². The van der Waals surface area contributed by atoms with E-state index in [2.05, 4.69) is 15.7 Å². The number of aromatic nitrogens is 2. The first-order valence-electron chi connectivity index (χ1n) is 4.73. The van der Waals surface area contributed by atoms with Crippen molar-refractivity contribution in [2.75, 3.05) is 5.32 Å². The topological polar surface area (TPSA) is 41.9 Å². The summed E-state index contributed by atoms with van der Waals surface area (Å²) in [6.45, 7) is 1.96. The molecule has 0 bridgehead atoms. The molecular formula is C9H14N4S. The minimum absolute atomic E-state index is 0.590. The maximum Gasteiger partial charge on any atom is 0.171 e. The number of anilines is 1. The molecule has 1 saturated carbocycles. The molecule has 14 heavy (non-hydrogen) atoms. The van der Waals surface area contributed by atoms with Crippen LogP contribution in [0.2, 0.25) is 0 Å². The van der Waals surface area contributed by atoms with Gasteiger partial charge in [0.25, 0.3) is 0 Å². The van der Waals surface area contributed by atoms with Crippen molar-refractivity contribution in [1.82, 2.24) is 15.1 Å². The fourth-order valence-electron chi connectivity index (χ4n) is 1.29. The van der Waals surface area contributed by atoms with Crippen molar-refractivity contribution in [3.05, 3.63) is 11.9 Å². The Hall–Kier alpha value is -1.10. The van der Waals surface area contributed by atoms with E-state index in [9.17, 15) is 0 Å². The molecule has 2 rings (SSSR count). The van der Waals surface area contributed by atoms with Crippen molar-refractivity contribution in [1.29, 1.82) is 0 Å². The van der Waals surface area contributed by atoms with Crippen molar-refractivity contribution in [2.24, 2.45) is 7.05 Å². The van der Waals surface area contributed by atoms with Crippen LogP contribution >= 0.6 is 12.2 Å². The standard InChI is InChI=1S/C9H14N4S/c1-6-8(5-13(2)12-6)11-9(14)10-7-3-4-7/h5,7H,3-4H2,1-2H3,(H2,10,11,14). The van der Waals surface area contributed by atoms with Crippen molar-refractivity contribution >= 4 is 23.0 Å². The normalized spacial score (nSPS) is 15.3. The second-order valence-corrected chi connectivity index (χ2v) is 4.08. The SMILES string of the molecule is Cc1nn(C)cc1NC(=S)NC1CC1. The van der Waals surface area contributed by atoms with Crippen molar-refractivity contribution in [2.45, 2.75) is 25.8 Å². The third-order valence-corrected chi connectivity index (χ3v) is 2.39. The Morgan fingerprint density at radius 1 is 1.64 bits per heavy atom. The molecule has 0 unspecified atom stereocenters. The average Bonchev–Trinajstić information content (AvgIpc) is 2.81. The number of rotatable bonds is 2. The van der Waals surface area contributed by atoms with Gasteiger partial charge >= 0.3 is 0 Å². The molecule has 1 heterocycles. The van der Waals surface area contributed by atoms with E-state index >= 15 is 0 Å². The molecular weight excluding hydrogens is 196 g/mol. The number of nitrogens with one attached hydrogen (secondary N) is 2. The summed E-state index contributed by atoms with van der Waals surface area (Å²) in [5.74, 6) is 0. The van der Waals surface area contributed by atoms with Gasteiger partial charge in [-0.25, -0.2) is 0 Å². The summed E-state index contributed by atoms with van der Waals surface area (Å²) >= 11 is 5.16. The van der Waals surface area contributed by atoms with Gasteiger partial charge < -0.3 is 10.6 Å². The van der Waals surface area contributed by atoms with Crippen LogP contribution in [0, 0.1) is 6.92 Å². The monoisotopic (exact) mass is 210 g/mol. The van der Waals surface area contributed by atoms with Gasteiger partial charge in [0.05, 0.1) is 11.4 Å². The third-order valence-electron chi connectivity index (χ3n) is 2.17. The molecule has 0 radical (unpaired) electrons. The summed E-state index contributed by atoms with van der Waals surface area (Å²) in [5, 5.41) is 11.3. The second-order valence-electron chi connectivity index (χ2n) is 3.67. The smallest absolute Gasteiger partial charge is 0.171 e. The molecule has 1 aliphatic rings. The predicted molar refractivity (Wildman–Crippen MR) is 60.3 cm³/mol. The molecule has 1 aromatic heterocycles. The summed E-state index contributed by atoms with van der Waals surface area (Å²) < 4.78 is 1.78. The van der Waals surface area contributed by atoms with Crippen LogP contribution in [-0.4, -0.2) is 20.9 Å². The van der Waals surface area contributed by atoms with Crippen LogP contribution in [0.3, 0.4) is 0 Å². The average molecular weight is 210 g/mol. The highest BCUT2D eigenvalue weighted by atomic mass is 32.1. The van der Waals surface area contributed by atoms with E-state index in [-0.39, 0.29) is 0 Å². The van der Waals surface area contributed by atoms with Crippen LogP contribution in [0.15, 0.2) is 6.20 Å². The van der Waals surface area contributed by atoms with Crippen molar-refractivity contribution in [3.8, 4) is 0 Å². The van der Waals surface area contributed by atoms with Gasteiger partial charge in [0.1, 0.15) is 0 Å². The van der Waals surface area contributed by atoms with Gasteiger partial charge in [-0.05, 0) is 32.0 Å². The van der Waals surface area contributed by atoms with Crippen LogP contribution in [0.25, 0.3) is 0 Å². The number of thiocarbonyl (C=S) groups is 1. The molecule has 1 aliphatic carbocycles. The van der Waals surface area contributed by atoms with Crippen LogP contribution in [0.1, 0.15) is 18.5 Å². The molecule has 4 nitrogen and oxygen atoms in total. The molecule has 0 amide bonds. The summed E-state index contributed by atoms with van der Waals surface area (Å²) in [6, 6.07) is 0.590. The Morgan fingerprint density at radius 3 is 2.86 bits per heavy atom. The lowest BCUT2D eigenvalue weighted by Crippen LogP contribution is -2.30. The third kappa shape index (κ3) is 2.23. The zero-order valence-electron chi connectivity index (χ0n) is 8.37. The first-order valence-corrected chi connectivity index (χ1v) is 5.14. The van der Waals surface area contributed by atoms with E-state index in [1.54, 1.807) is 4.68 Å². The molecule has 0 aliphatic heterocycles. The Labute approximate surface area is 88.7 Å². The Balaban J connectivity index is 1.95. The Morgan fingerprint density at radius 2 is 2.36 bits per heavy atom. The van der Waals surface area contributed by atoms with Gasteiger partial charge in [0.15, 0.2) is 5.11 Å². The first-order chi connectivity index (χ1) is 6.65. The quantitative estimate of drug-likeness (QED) is 0.719. The molecule has 5 heteroatoms. The summed E-state index contributed by atoms with van der Waals surface area (Å²) in [7, 11) is 1.90. The Kier molecular flexibility index (Phi) is 2.41. The second kappa shape index (κ2) is 3.57. The maximum absolute atomic E-state index is 5.16. The molecule has 1 aromatic rings. The summed E-state index contributed by atoms with van der Waals surface area (Å²) in [4.78, 5) is 0. The zero-order valence-corrected chi connectivity index (χ0v) is 9.19. The lowest BCUT2D eigenvalue weighted by Gasteiger charge is -2.07. The molecule has 0 aromatic carbocycles. The zero-order chi connectivity index (χ0) is 10.1. The molecule has 1 fully saturated rings. The van der Waals surface area contributed by atoms with E-state index in [1.807, 2.05) is 20.2 Å². The highest BCUT2D eigenvalue weighted by Gasteiger charge is 2.21. The van der Waals surface area contributed by atoms with Crippen molar-refractivity contribution < 1.29 is 0 Å². The fraction of sp³-hybridized carbons (Fsp3) is 0.556. The highest BCUT2D eigenvalue weighted by molar-refractivity contribution is 7.80. The molecule has 2 N–H and O–H groups in total. The van der Waals surface area contributed by atoms with Gasteiger partial charge in [-0.2, -0.15) is 5.10 Å². The molecule has 0 saturated heterocycles. The van der Waals surface area contributed by atoms with Gasteiger partial charge in [-0.3, -0.25) is 4.68 Å². The van der Waals surface area contributed by atoms with Gasteiger partial charge in [-0.1, -0.05) is 0 Å². The van der Waals surface area contributed by atoms with E-state index in [1.165, 1.54) is 12.8 Å².